The lowest BCUT2D eigenvalue weighted by Gasteiger charge is -2.17. The van der Waals surface area contributed by atoms with Crippen molar-refractivity contribution in [3.63, 3.8) is 0 Å². The maximum Gasteiger partial charge on any atom is 0.216 e. The summed E-state index contributed by atoms with van der Waals surface area (Å²) in [5, 5.41) is 22.5. The van der Waals surface area contributed by atoms with E-state index in [4.69, 9.17) is 10.0 Å². The first-order valence-corrected chi connectivity index (χ1v) is 10.8. The van der Waals surface area contributed by atoms with Crippen LogP contribution in [0.25, 0.3) is 6.08 Å². The number of anilines is 1. The third-order valence-corrected chi connectivity index (χ3v) is 6.45. The summed E-state index contributed by atoms with van der Waals surface area (Å²) in [7, 11) is -1.73. The number of aliphatic hydroxyl groups excluding tert-OH is 1. The first kappa shape index (κ1) is 20.7. The standard InChI is InChI=1S/C21H19FN6O2S/c1-28-12-18-16(7-8-17(27-31(18,24)30)13-5-3-2-4-6-13)20(28)21(29)26-14-9-15(11-23)25-19(22)10-14/h2-10,12,17,21,29H,1H3,(H,25,26)(H2,24,27,30)/t17-,21?,31?/m0/s1. The van der Waals surface area contributed by atoms with Gasteiger partial charge in [-0.05, 0) is 11.6 Å². The van der Waals surface area contributed by atoms with Gasteiger partial charge in [-0.15, -0.1) is 0 Å². The van der Waals surface area contributed by atoms with Crippen LogP contribution in [-0.2, 0) is 17.0 Å². The highest BCUT2D eigenvalue weighted by molar-refractivity contribution is 7.90. The minimum Gasteiger partial charge on any atom is -0.368 e. The smallest absolute Gasteiger partial charge is 0.216 e. The van der Waals surface area contributed by atoms with E-state index in [1.54, 1.807) is 29.8 Å². The minimum atomic E-state index is -3.39. The molecule has 0 aliphatic carbocycles. The number of nitriles is 1. The van der Waals surface area contributed by atoms with E-state index in [0.29, 0.717) is 11.3 Å². The van der Waals surface area contributed by atoms with Crippen molar-refractivity contribution in [3.05, 3.63) is 83.2 Å². The van der Waals surface area contributed by atoms with Gasteiger partial charge in [-0.2, -0.15) is 9.65 Å². The van der Waals surface area contributed by atoms with E-state index in [9.17, 15) is 13.7 Å². The molecule has 4 rings (SSSR count). The van der Waals surface area contributed by atoms with Gasteiger partial charge >= 0.3 is 0 Å². The molecule has 1 aliphatic heterocycles. The number of halogens is 1. The summed E-state index contributed by atoms with van der Waals surface area (Å²) >= 11 is 0. The third kappa shape index (κ3) is 4.06. The quantitative estimate of drug-likeness (QED) is 0.367. The van der Waals surface area contributed by atoms with Crippen molar-refractivity contribution >= 4 is 21.7 Å². The number of rotatable bonds is 4. The van der Waals surface area contributed by atoms with Gasteiger partial charge in [0.15, 0.2) is 6.23 Å². The lowest BCUT2D eigenvalue weighted by Crippen LogP contribution is -2.25. The second-order valence-corrected chi connectivity index (χ2v) is 8.84. The molecule has 2 aromatic heterocycles. The average Bonchev–Trinajstić information content (AvgIpc) is 3.02. The first-order chi connectivity index (χ1) is 14.8. The van der Waals surface area contributed by atoms with E-state index in [1.165, 1.54) is 12.3 Å². The Morgan fingerprint density at radius 3 is 2.84 bits per heavy atom. The summed E-state index contributed by atoms with van der Waals surface area (Å²) in [5.74, 6) is -0.858. The minimum absolute atomic E-state index is 0.135. The van der Waals surface area contributed by atoms with Crippen LogP contribution in [0.3, 0.4) is 0 Å². The molecule has 0 bridgehead atoms. The van der Waals surface area contributed by atoms with Gasteiger partial charge in [0.1, 0.15) is 21.7 Å². The van der Waals surface area contributed by atoms with Crippen molar-refractivity contribution in [1.82, 2.24) is 14.3 Å². The Hall–Kier alpha value is -3.52. The van der Waals surface area contributed by atoms with Gasteiger partial charge in [0.2, 0.25) is 5.95 Å². The van der Waals surface area contributed by atoms with Gasteiger partial charge in [0, 0.05) is 30.6 Å². The number of hydrogen-bond donors (Lipinski definition) is 4. The molecule has 0 spiro atoms. The fraction of sp³-hybridized carbons (Fsp3) is 0.143. The molecule has 0 fully saturated rings. The molecule has 158 valence electrons. The number of aromatic nitrogens is 2. The summed E-state index contributed by atoms with van der Waals surface area (Å²) in [6.45, 7) is 0. The molecule has 0 amide bonds. The zero-order valence-corrected chi connectivity index (χ0v) is 17.2. The summed E-state index contributed by atoms with van der Waals surface area (Å²) in [6, 6.07) is 13.0. The van der Waals surface area contributed by atoms with Gasteiger partial charge in [0.25, 0.3) is 0 Å². The SMILES string of the molecule is Cn1cc2c(c1C(O)Nc1cc(F)nc(C#N)c1)C=C[C@@H](c1ccccc1)NS2(=N)=O. The van der Waals surface area contributed by atoms with Crippen molar-refractivity contribution in [3.8, 4) is 6.07 Å². The molecule has 3 atom stereocenters. The molecular formula is C21H19FN6O2S. The van der Waals surface area contributed by atoms with E-state index >= 15 is 0 Å². The van der Waals surface area contributed by atoms with Gasteiger partial charge in [0.05, 0.1) is 16.6 Å². The van der Waals surface area contributed by atoms with Gasteiger partial charge in [-0.1, -0.05) is 42.5 Å². The Bertz CT molecular complexity index is 1310. The second kappa shape index (κ2) is 7.96. The third-order valence-electron chi connectivity index (χ3n) is 4.92. The Kier molecular flexibility index (Phi) is 5.32. The molecule has 4 N–H and O–H groups in total. The van der Waals surface area contributed by atoms with Gasteiger partial charge < -0.3 is 15.0 Å². The Labute approximate surface area is 178 Å². The summed E-state index contributed by atoms with van der Waals surface area (Å²) in [6.07, 6.45) is 3.71. The van der Waals surface area contributed by atoms with Crippen LogP contribution in [0.1, 0.15) is 34.8 Å². The number of nitrogens with zero attached hydrogens (tertiary/aromatic N) is 3. The number of aliphatic hydroxyl groups is 1. The van der Waals surface area contributed by atoms with Crippen LogP contribution in [0.15, 0.2) is 59.6 Å². The fourth-order valence-electron chi connectivity index (χ4n) is 3.55. The maximum absolute atomic E-state index is 13.6. The molecule has 0 saturated heterocycles. The molecule has 3 heterocycles. The van der Waals surface area contributed by atoms with Crippen LogP contribution in [0.4, 0.5) is 10.1 Å². The number of benzene rings is 1. The molecule has 0 saturated carbocycles. The molecule has 31 heavy (non-hydrogen) atoms. The van der Waals surface area contributed by atoms with Crippen molar-refractivity contribution in [2.24, 2.45) is 7.05 Å². The van der Waals surface area contributed by atoms with E-state index in [0.717, 1.165) is 11.6 Å². The van der Waals surface area contributed by atoms with E-state index < -0.39 is 28.1 Å². The van der Waals surface area contributed by atoms with Crippen LogP contribution in [0.2, 0.25) is 0 Å². The van der Waals surface area contributed by atoms with Crippen molar-refractivity contribution in [1.29, 1.82) is 10.0 Å². The topological polar surface area (TPSA) is 127 Å². The van der Waals surface area contributed by atoms with E-state index in [1.807, 2.05) is 30.3 Å². The number of hydrogen-bond acceptors (Lipinski definition) is 6. The number of aryl methyl sites for hydroxylation is 1. The van der Waals surface area contributed by atoms with Crippen LogP contribution in [0.5, 0.6) is 0 Å². The van der Waals surface area contributed by atoms with Gasteiger partial charge in [-0.25, -0.2) is 18.7 Å². The highest BCUT2D eigenvalue weighted by Gasteiger charge is 2.29. The maximum atomic E-state index is 13.6. The van der Waals surface area contributed by atoms with E-state index in [2.05, 4.69) is 15.0 Å². The molecule has 0 radical (unpaired) electrons. The fourth-order valence-corrected chi connectivity index (χ4v) is 5.03. The number of nitrogens with one attached hydrogen (secondary N) is 3. The molecule has 2 unspecified atom stereocenters. The lowest BCUT2D eigenvalue weighted by molar-refractivity contribution is 0.199. The van der Waals surface area contributed by atoms with Crippen LogP contribution >= 0.6 is 0 Å². The van der Waals surface area contributed by atoms with Crippen LogP contribution < -0.4 is 10.0 Å². The van der Waals surface area contributed by atoms with E-state index in [-0.39, 0.29) is 16.3 Å². The Morgan fingerprint density at radius 1 is 1.39 bits per heavy atom. The average molecular weight is 438 g/mol. The molecular weight excluding hydrogens is 419 g/mol. The zero-order valence-electron chi connectivity index (χ0n) is 16.4. The number of pyridine rings is 1. The normalized spacial score (nSPS) is 21.0. The Morgan fingerprint density at radius 2 is 2.13 bits per heavy atom. The Balaban J connectivity index is 1.73. The van der Waals surface area contributed by atoms with Crippen LogP contribution in [0, 0.1) is 22.1 Å². The predicted molar refractivity (Wildman–Crippen MR) is 113 cm³/mol. The van der Waals surface area contributed by atoms with Crippen LogP contribution in [-0.4, -0.2) is 18.9 Å². The molecule has 3 aromatic rings. The molecule has 1 aliphatic rings. The van der Waals surface area contributed by atoms with Crippen molar-refractivity contribution in [2.75, 3.05) is 5.32 Å². The molecule has 10 heteroatoms. The second-order valence-electron chi connectivity index (χ2n) is 7.05. The summed E-state index contributed by atoms with van der Waals surface area (Å²) < 4.78 is 39.8. The molecule has 8 nitrogen and oxygen atoms in total. The number of fused-ring (bicyclic) bond motifs is 1. The van der Waals surface area contributed by atoms with Gasteiger partial charge in [-0.3, -0.25) is 0 Å². The lowest BCUT2D eigenvalue weighted by atomic mass is 10.1. The predicted octanol–water partition coefficient (Wildman–Crippen LogP) is 3.21. The monoisotopic (exact) mass is 438 g/mol. The summed E-state index contributed by atoms with van der Waals surface area (Å²) in [5.41, 5.74) is 1.66. The highest BCUT2D eigenvalue weighted by Crippen LogP contribution is 2.33. The zero-order chi connectivity index (χ0) is 22.2. The molecule has 1 aromatic carbocycles. The highest BCUT2D eigenvalue weighted by atomic mass is 32.2. The van der Waals surface area contributed by atoms with Crippen molar-refractivity contribution in [2.45, 2.75) is 17.2 Å². The van der Waals surface area contributed by atoms with Crippen molar-refractivity contribution < 1.29 is 13.7 Å². The summed E-state index contributed by atoms with van der Waals surface area (Å²) in [4.78, 5) is 3.68. The largest absolute Gasteiger partial charge is 0.368 e. The first-order valence-electron chi connectivity index (χ1n) is 9.29.